The lowest BCUT2D eigenvalue weighted by Crippen LogP contribution is -2.54. The number of carbonyl (C=O) groups is 1. The normalized spacial score (nSPS) is 21.9. The third-order valence-electron chi connectivity index (χ3n) is 3.87. The minimum absolute atomic E-state index is 0.0553. The SMILES string of the molecule is CC(O)C(C)(C)NC(=O)CC1(N)CCCCC1. The quantitative estimate of drug-likeness (QED) is 0.696. The van der Waals surface area contributed by atoms with E-state index >= 15 is 0 Å². The topological polar surface area (TPSA) is 75.3 Å². The molecule has 0 aliphatic heterocycles. The number of hydrogen-bond donors (Lipinski definition) is 3. The molecule has 4 nitrogen and oxygen atoms in total. The maximum atomic E-state index is 11.9. The van der Waals surface area contributed by atoms with Crippen molar-refractivity contribution in [2.24, 2.45) is 5.73 Å². The van der Waals surface area contributed by atoms with E-state index in [9.17, 15) is 9.90 Å². The van der Waals surface area contributed by atoms with E-state index in [4.69, 9.17) is 5.73 Å². The Hall–Kier alpha value is -0.610. The van der Waals surface area contributed by atoms with Crippen molar-refractivity contribution in [1.82, 2.24) is 5.32 Å². The molecule has 17 heavy (non-hydrogen) atoms. The maximum absolute atomic E-state index is 11.9. The molecule has 1 aliphatic rings. The summed E-state index contributed by atoms with van der Waals surface area (Å²) >= 11 is 0. The lowest BCUT2D eigenvalue weighted by molar-refractivity contribution is -0.125. The van der Waals surface area contributed by atoms with Crippen LogP contribution in [0.5, 0.6) is 0 Å². The Balaban J connectivity index is 2.49. The standard InChI is InChI=1S/C13H26N2O2/c1-10(16)12(2,3)15-11(17)9-13(14)7-5-4-6-8-13/h10,16H,4-9,14H2,1-3H3,(H,15,17). The van der Waals surface area contributed by atoms with Crippen LogP contribution in [0.15, 0.2) is 0 Å². The second kappa shape index (κ2) is 5.36. The molecule has 4 heteroatoms. The van der Waals surface area contributed by atoms with Crippen molar-refractivity contribution < 1.29 is 9.90 Å². The van der Waals surface area contributed by atoms with Crippen molar-refractivity contribution in [2.75, 3.05) is 0 Å². The molecular weight excluding hydrogens is 216 g/mol. The van der Waals surface area contributed by atoms with Crippen LogP contribution in [0.2, 0.25) is 0 Å². The van der Waals surface area contributed by atoms with Gasteiger partial charge in [-0.3, -0.25) is 4.79 Å². The average molecular weight is 242 g/mol. The molecule has 0 spiro atoms. The van der Waals surface area contributed by atoms with Crippen molar-refractivity contribution in [3.8, 4) is 0 Å². The van der Waals surface area contributed by atoms with Gasteiger partial charge in [0.1, 0.15) is 0 Å². The van der Waals surface area contributed by atoms with Crippen molar-refractivity contribution in [1.29, 1.82) is 0 Å². The Morgan fingerprint density at radius 3 is 2.41 bits per heavy atom. The van der Waals surface area contributed by atoms with E-state index < -0.39 is 11.6 Å². The molecule has 0 aromatic carbocycles. The number of rotatable bonds is 4. The van der Waals surface area contributed by atoms with Crippen LogP contribution in [0.3, 0.4) is 0 Å². The van der Waals surface area contributed by atoms with Gasteiger partial charge in [0.05, 0.1) is 11.6 Å². The zero-order valence-electron chi connectivity index (χ0n) is 11.3. The molecule has 4 N–H and O–H groups in total. The van der Waals surface area contributed by atoms with Crippen molar-refractivity contribution in [3.05, 3.63) is 0 Å². The van der Waals surface area contributed by atoms with Gasteiger partial charge in [-0.1, -0.05) is 19.3 Å². The first-order valence-corrected chi connectivity index (χ1v) is 6.53. The van der Waals surface area contributed by atoms with Gasteiger partial charge in [0.2, 0.25) is 5.91 Å². The van der Waals surface area contributed by atoms with Gasteiger partial charge in [0.25, 0.3) is 0 Å². The zero-order valence-corrected chi connectivity index (χ0v) is 11.3. The molecule has 0 aromatic rings. The van der Waals surface area contributed by atoms with Gasteiger partial charge in [-0.05, 0) is 33.6 Å². The molecule has 1 amide bonds. The molecule has 0 aromatic heterocycles. The molecule has 1 fully saturated rings. The van der Waals surface area contributed by atoms with Crippen LogP contribution in [-0.2, 0) is 4.79 Å². The summed E-state index contributed by atoms with van der Waals surface area (Å²) in [4.78, 5) is 11.9. The third-order valence-corrected chi connectivity index (χ3v) is 3.87. The molecule has 1 rings (SSSR count). The first-order chi connectivity index (χ1) is 7.75. The van der Waals surface area contributed by atoms with E-state index in [-0.39, 0.29) is 11.4 Å². The second-order valence-corrected chi connectivity index (χ2v) is 6.05. The summed E-state index contributed by atoms with van der Waals surface area (Å²) in [5, 5.41) is 12.4. The minimum Gasteiger partial charge on any atom is -0.391 e. The average Bonchev–Trinajstić information content (AvgIpc) is 2.16. The predicted molar refractivity (Wildman–Crippen MR) is 68.5 cm³/mol. The zero-order chi connectivity index (χ0) is 13.1. The number of amides is 1. The van der Waals surface area contributed by atoms with E-state index in [2.05, 4.69) is 5.32 Å². The van der Waals surface area contributed by atoms with Crippen LogP contribution in [-0.4, -0.2) is 28.2 Å². The van der Waals surface area contributed by atoms with Gasteiger partial charge < -0.3 is 16.2 Å². The molecule has 0 saturated heterocycles. The van der Waals surface area contributed by atoms with Crippen molar-refractivity contribution in [2.45, 2.75) is 76.5 Å². The fraction of sp³-hybridized carbons (Fsp3) is 0.923. The summed E-state index contributed by atoms with van der Waals surface area (Å²) in [6, 6.07) is 0. The van der Waals surface area contributed by atoms with Gasteiger partial charge in [0.15, 0.2) is 0 Å². The van der Waals surface area contributed by atoms with Crippen molar-refractivity contribution in [3.63, 3.8) is 0 Å². The summed E-state index contributed by atoms with van der Waals surface area (Å²) in [7, 11) is 0. The summed E-state index contributed by atoms with van der Waals surface area (Å²) in [5.74, 6) is -0.0553. The smallest absolute Gasteiger partial charge is 0.222 e. The monoisotopic (exact) mass is 242 g/mol. The first-order valence-electron chi connectivity index (χ1n) is 6.53. The van der Waals surface area contributed by atoms with Crippen molar-refractivity contribution >= 4 is 5.91 Å². The lowest BCUT2D eigenvalue weighted by atomic mass is 9.80. The highest BCUT2D eigenvalue weighted by Crippen LogP contribution is 2.28. The number of carbonyl (C=O) groups excluding carboxylic acids is 1. The van der Waals surface area contributed by atoms with Crippen LogP contribution in [0.4, 0.5) is 0 Å². The highest BCUT2D eigenvalue weighted by atomic mass is 16.3. The van der Waals surface area contributed by atoms with Gasteiger partial charge in [-0.15, -0.1) is 0 Å². The highest BCUT2D eigenvalue weighted by Gasteiger charge is 2.33. The Bertz CT molecular complexity index is 269. The molecule has 1 saturated carbocycles. The van der Waals surface area contributed by atoms with E-state index in [1.54, 1.807) is 6.92 Å². The molecule has 0 heterocycles. The maximum Gasteiger partial charge on any atom is 0.222 e. The third kappa shape index (κ3) is 4.28. The van der Waals surface area contributed by atoms with Crippen LogP contribution in [0.25, 0.3) is 0 Å². The molecule has 100 valence electrons. The van der Waals surface area contributed by atoms with Crippen LogP contribution >= 0.6 is 0 Å². The summed E-state index contributed by atoms with van der Waals surface area (Å²) in [6.07, 6.45) is 5.09. The Morgan fingerprint density at radius 2 is 1.94 bits per heavy atom. The molecule has 0 radical (unpaired) electrons. The van der Waals surface area contributed by atoms with E-state index in [1.807, 2.05) is 13.8 Å². The molecule has 1 atom stereocenters. The summed E-state index contributed by atoms with van der Waals surface area (Å²) in [5.41, 5.74) is 5.30. The van der Waals surface area contributed by atoms with Crippen LogP contribution < -0.4 is 11.1 Å². The van der Waals surface area contributed by atoms with Gasteiger partial charge in [-0.25, -0.2) is 0 Å². The number of hydrogen-bond acceptors (Lipinski definition) is 3. The largest absolute Gasteiger partial charge is 0.391 e. The molecule has 1 aliphatic carbocycles. The Labute approximate surface area is 104 Å². The van der Waals surface area contributed by atoms with Crippen LogP contribution in [0, 0.1) is 0 Å². The van der Waals surface area contributed by atoms with E-state index in [1.165, 1.54) is 6.42 Å². The molecule has 0 bridgehead atoms. The first kappa shape index (κ1) is 14.5. The Kier molecular flexibility index (Phi) is 4.55. The van der Waals surface area contributed by atoms with Crippen LogP contribution in [0.1, 0.15) is 59.3 Å². The fourth-order valence-corrected chi connectivity index (χ4v) is 2.26. The lowest BCUT2D eigenvalue weighted by Gasteiger charge is -2.35. The van der Waals surface area contributed by atoms with E-state index in [0.29, 0.717) is 6.42 Å². The van der Waals surface area contributed by atoms with Gasteiger partial charge in [0, 0.05) is 12.0 Å². The number of nitrogens with one attached hydrogen (secondary N) is 1. The highest BCUT2D eigenvalue weighted by molar-refractivity contribution is 5.78. The fourth-order valence-electron chi connectivity index (χ4n) is 2.26. The number of nitrogens with two attached hydrogens (primary N) is 1. The molecule has 1 unspecified atom stereocenters. The number of aliphatic hydroxyl groups excluding tert-OH is 1. The Morgan fingerprint density at radius 1 is 1.41 bits per heavy atom. The second-order valence-electron chi connectivity index (χ2n) is 6.05. The molecular formula is C13H26N2O2. The van der Waals surface area contributed by atoms with E-state index in [0.717, 1.165) is 25.7 Å². The summed E-state index contributed by atoms with van der Waals surface area (Å²) < 4.78 is 0. The predicted octanol–water partition coefficient (Wildman–Crippen LogP) is 1.31. The van der Waals surface area contributed by atoms with Gasteiger partial charge >= 0.3 is 0 Å². The number of aliphatic hydroxyl groups is 1. The summed E-state index contributed by atoms with van der Waals surface area (Å²) in [6.45, 7) is 5.32. The van der Waals surface area contributed by atoms with Gasteiger partial charge in [-0.2, -0.15) is 0 Å². The minimum atomic E-state index is -0.595.